The minimum atomic E-state index is 0.515. The standard InChI is InChI=1S/C18H21N/c1-14-7-9-16(10-8-14)18-17(11-12-19-18)13-15-5-3-2-4-6-15/h2-10,17-19H,11-13H2,1H3. The highest BCUT2D eigenvalue weighted by Crippen LogP contribution is 2.32. The van der Waals surface area contributed by atoms with E-state index in [1.165, 1.54) is 29.5 Å². The van der Waals surface area contributed by atoms with Crippen molar-refractivity contribution in [3.05, 3.63) is 71.3 Å². The van der Waals surface area contributed by atoms with Gasteiger partial charge >= 0.3 is 0 Å². The molecule has 1 heteroatoms. The predicted molar refractivity (Wildman–Crippen MR) is 80.2 cm³/mol. The number of hydrogen-bond donors (Lipinski definition) is 1. The summed E-state index contributed by atoms with van der Waals surface area (Å²) in [7, 11) is 0. The third-order valence-corrected chi connectivity index (χ3v) is 4.13. The minimum absolute atomic E-state index is 0.515. The van der Waals surface area contributed by atoms with E-state index in [9.17, 15) is 0 Å². The van der Waals surface area contributed by atoms with Crippen LogP contribution in [0.5, 0.6) is 0 Å². The van der Waals surface area contributed by atoms with Crippen LogP contribution >= 0.6 is 0 Å². The molecule has 0 amide bonds. The van der Waals surface area contributed by atoms with Gasteiger partial charge in [0.25, 0.3) is 0 Å². The molecule has 2 aromatic rings. The van der Waals surface area contributed by atoms with E-state index < -0.39 is 0 Å². The third-order valence-electron chi connectivity index (χ3n) is 4.13. The number of nitrogens with one attached hydrogen (secondary N) is 1. The van der Waals surface area contributed by atoms with Crippen LogP contribution in [0, 0.1) is 12.8 Å². The zero-order valence-corrected chi connectivity index (χ0v) is 11.5. The Kier molecular flexibility index (Phi) is 3.65. The molecule has 0 spiro atoms. The van der Waals surface area contributed by atoms with Gasteiger partial charge in [-0.1, -0.05) is 60.2 Å². The molecule has 1 heterocycles. The Labute approximate surface area is 115 Å². The molecule has 0 radical (unpaired) electrons. The van der Waals surface area contributed by atoms with Gasteiger partial charge < -0.3 is 5.32 Å². The zero-order chi connectivity index (χ0) is 13.1. The van der Waals surface area contributed by atoms with Crippen LogP contribution in [0.1, 0.15) is 29.2 Å². The second kappa shape index (κ2) is 5.58. The first-order chi connectivity index (χ1) is 9.33. The highest BCUT2D eigenvalue weighted by atomic mass is 14.9. The summed E-state index contributed by atoms with van der Waals surface area (Å²) in [5.74, 6) is 0.713. The highest BCUT2D eigenvalue weighted by molar-refractivity contribution is 5.26. The van der Waals surface area contributed by atoms with Crippen molar-refractivity contribution in [2.75, 3.05) is 6.54 Å². The minimum Gasteiger partial charge on any atom is -0.310 e. The monoisotopic (exact) mass is 251 g/mol. The van der Waals surface area contributed by atoms with E-state index in [0.717, 1.165) is 6.54 Å². The van der Waals surface area contributed by atoms with Crippen molar-refractivity contribution in [2.45, 2.75) is 25.8 Å². The number of benzene rings is 2. The maximum absolute atomic E-state index is 3.66. The lowest BCUT2D eigenvalue weighted by molar-refractivity contribution is 0.460. The predicted octanol–water partition coefficient (Wildman–Crippen LogP) is 3.89. The van der Waals surface area contributed by atoms with Gasteiger partial charge in [-0.15, -0.1) is 0 Å². The Morgan fingerprint density at radius 1 is 1.00 bits per heavy atom. The lowest BCUT2D eigenvalue weighted by Gasteiger charge is -2.20. The Hall–Kier alpha value is -1.60. The molecule has 0 bridgehead atoms. The van der Waals surface area contributed by atoms with Gasteiger partial charge in [0, 0.05) is 6.04 Å². The average Bonchev–Trinajstić information content (AvgIpc) is 2.89. The first kappa shape index (κ1) is 12.4. The van der Waals surface area contributed by atoms with E-state index in [1.807, 2.05) is 0 Å². The molecule has 1 nitrogen and oxygen atoms in total. The summed E-state index contributed by atoms with van der Waals surface area (Å²) in [6, 6.07) is 20.3. The molecule has 1 aliphatic heterocycles. The van der Waals surface area contributed by atoms with Gasteiger partial charge in [0.1, 0.15) is 0 Å². The largest absolute Gasteiger partial charge is 0.310 e. The highest BCUT2D eigenvalue weighted by Gasteiger charge is 2.27. The molecule has 1 aliphatic rings. The summed E-state index contributed by atoms with van der Waals surface area (Å²) in [5.41, 5.74) is 4.22. The van der Waals surface area contributed by atoms with Crippen LogP contribution in [-0.2, 0) is 6.42 Å². The topological polar surface area (TPSA) is 12.0 Å². The summed E-state index contributed by atoms with van der Waals surface area (Å²) in [6.45, 7) is 3.28. The first-order valence-corrected chi connectivity index (χ1v) is 7.17. The summed E-state index contributed by atoms with van der Waals surface area (Å²) in [5, 5.41) is 3.66. The Bertz CT molecular complexity index is 515. The fourth-order valence-corrected chi connectivity index (χ4v) is 3.06. The molecule has 1 N–H and O–H groups in total. The van der Waals surface area contributed by atoms with Crippen molar-refractivity contribution in [1.82, 2.24) is 5.32 Å². The second-order valence-electron chi connectivity index (χ2n) is 5.58. The molecular weight excluding hydrogens is 230 g/mol. The Morgan fingerprint density at radius 2 is 1.74 bits per heavy atom. The average molecular weight is 251 g/mol. The molecule has 1 fully saturated rings. The van der Waals surface area contributed by atoms with Gasteiger partial charge in [-0.05, 0) is 43.4 Å². The van der Waals surface area contributed by atoms with Crippen LogP contribution in [0.15, 0.2) is 54.6 Å². The van der Waals surface area contributed by atoms with Gasteiger partial charge in [0.15, 0.2) is 0 Å². The van der Waals surface area contributed by atoms with Gasteiger partial charge in [-0.3, -0.25) is 0 Å². The van der Waals surface area contributed by atoms with E-state index in [-0.39, 0.29) is 0 Å². The molecule has 0 aliphatic carbocycles. The fraction of sp³-hybridized carbons (Fsp3) is 0.333. The molecule has 2 unspecified atom stereocenters. The van der Waals surface area contributed by atoms with Crippen LogP contribution < -0.4 is 5.32 Å². The molecule has 2 atom stereocenters. The van der Waals surface area contributed by atoms with Gasteiger partial charge in [-0.2, -0.15) is 0 Å². The number of rotatable bonds is 3. The third kappa shape index (κ3) is 2.87. The van der Waals surface area contributed by atoms with Crippen molar-refractivity contribution < 1.29 is 0 Å². The summed E-state index contributed by atoms with van der Waals surface area (Å²) < 4.78 is 0. The van der Waals surface area contributed by atoms with Crippen LogP contribution in [0.3, 0.4) is 0 Å². The van der Waals surface area contributed by atoms with Crippen LogP contribution in [-0.4, -0.2) is 6.54 Å². The zero-order valence-electron chi connectivity index (χ0n) is 11.5. The fourth-order valence-electron chi connectivity index (χ4n) is 3.06. The molecule has 98 valence electrons. The van der Waals surface area contributed by atoms with Crippen molar-refractivity contribution in [2.24, 2.45) is 5.92 Å². The number of aryl methyl sites for hydroxylation is 1. The second-order valence-corrected chi connectivity index (χ2v) is 5.58. The van der Waals surface area contributed by atoms with E-state index in [2.05, 4.69) is 66.8 Å². The maximum atomic E-state index is 3.66. The van der Waals surface area contributed by atoms with Gasteiger partial charge in [0.05, 0.1) is 0 Å². The summed E-state index contributed by atoms with van der Waals surface area (Å²) >= 11 is 0. The van der Waals surface area contributed by atoms with E-state index >= 15 is 0 Å². The first-order valence-electron chi connectivity index (χ1n) is 7.17. The number of hydrogen-bond acceptors (Lipinski definition) is 1. The lowest BCUT2D eigenvalue weighted by Crippen LogP contribution is -2.19. The molecular formula is C18H21N. The summed E-state index contributed by atoms with van der Waals surface area (Å²) in [6.07, 6.45) is 2.44. The Morgan fingerprint density at radius 3 is 2.47 bits per heavy atom. The lowest BCUT2D eigenvalue weighted by atomic mass is 9.88. The van der Waals surface area contributed by atoms with Crippen molar-refractivity contribution in [3.63, 3.8) is 0 Å². The van der Waals surface area contributed by atoms with Crippen LogP contribution in [0.4, 0.5) is 0 Å². The van der Waals surface area contributed by atoms with E-state index in [4.69, 9.17) is 0 Å². The normalized spacial score (nSPS) is 22.6. The van der Waals surface area contributed by atoms with E-state index in [1.54, 1.807) is 0 Å². The molecule has 1 saturated heterocycles. The van der Waals surface area contributed by atoms with Gasteiger partial charge in [0.2, 0.25) is 0 Å². The molecule has 19 heavy (non-hydrogen) atoms. The SMILES string of the molecule is Cc1ccc(C2NCCC2Cc2ccccc2)cc1. The van der Waals surface area contributed by atoms with Crippen molar-refractivity contribution in [3.8, 4) is 0 Å². The Balaban J connectivity index is 1.76. The maximum Gasteiger partial charge on any atom is 0.0352 e. The molecule has 0 aromatic heterocycles. The molecule has 2 aromatic carbocycles. The smallest absolute Gasteiger partial charge is 0.0352 e. The van der Waals surface area contributed by atoms with Crippen LogP contribution in [0.2, 0.25) is 0 Å². The van der Waals surface area contributed by atoms with Crippen molar-refractivity contribution >= 4 is 0 Å². The van der Waals surface area contributed by atoms with Crippen molar-refractivity contribution in [1.29, 1.82) is 0 Å². The van der Waals surface area contributed by atoms with E-state index in [0.29, 0.717) is 12.0 Å². The van der Waals surface area contributed by atoms with Gasteiger partial charge in [-0.25, -0.2) is 0 Å². The summed E-state index contributed by atoms with van der Waals surface area (Å²) in [4.78, 5) is 0. The quantitative estimate of drug-likeness (QED) is 0.872. The molecule has 3 rings (SSSR count). The van der Waals surface area contributed by atoms with Crippen LogP contribution in [0.25, 0.3) is 0 Å². The molecule has 0 saturated carbocycles.